The summed E-state index contributed by atoms with van der Waals surface area (Å²) >= 11 is 0. The number of carbonyl (C=O) groups excluding carboxylic acids is 2. The Balaban J connectivity index is 1.52. The molecule has 1 aromatic heterocycles. The second kappa shape index (κ2) is 14.9. The number of hydrogen-bond acceptors (Lipinski definition) is 7. The first-order valence-corrected chi connectivity index (χ1v) is 16.1. The molecule has 0 amide bonds. The highest BCUT2D eigenvalue weighted by Gasteiger charge is 2.22. The third kappa shape index (κ3) is 7.14. The summed E-state index contributed by atoms with van der Waals surface area (Å²) < 4.78 is 6.57. The fraction of sp³-hybridized carbons (Fsp3) is 0.122. The van der Waals surface area contributed by atoms with Gasteiger partial charge in [-0.1, -0.05) is 103 Å². The van der Waals surface area contributed by atoms with E-state index in [9.17, 15) is 19.5 Å². The van der Waals surface area contributed by atoms with E-state index in [0.717, 1.165) is 38.7 Å². The minimum absolute atomic E-state index is 0.135. The second-order valence-corrected chi connectivity index (χ2v) is 11.9. The smallest absolute Gasteiger partial charge is 0.322 e. The topological polar surface area (TPSA) is 151 Å². The molecule has 9 heteroatoms. The van der Waals surface area contributed by atoms with Crippen LogP contribution in [0, 0.1) is 0 Å². The number of carboxylic acid groups (broad SMARTS) is 1. The normalized spacial score (nSPS) is 12.5. The predicted molar refractivity (Wildman–Crippen MR) is 195 cm³/mol. The number of fused-ring (bicyclic) bond motifs is 1. The Morgan fingerprint density at radius 2 is 1.44 bits per heavy atom. The quantitative estimate of drug-likeness (QED) is 0.0789. The van der Waals surface area contributed by atoms with E-state index in [-0.39, 0.29) is 18.6 Å². The Hall–Kier alpha value is -6.16. The molecule has 9 nitrogen and oxygen atoms in total. The molecule has 50 heavy (non-hydrogen) atoms. The molecule has 6 rings (SSSR count). The van der Waals surface area contributed by atoms with Crippen LogP contribution >= 0.6 is 0 Å². The molecule has 0 saturated heterocycles. The highest BCUT2D eigenvalue weighted by atomic mass is 16.5. The summed E-state index contributed by atoms with van der Waals surface area (Å²) in [5, 5.41) is 16.6. The number of benzene rings is 5. The number of methoxy groups -OCH3 is 1. The summed E-state index contributed by atoms with van der Waals surface area (Å²) in [5.74, 6) is -1.90. The van der Waals surface area contributed by atoms with Gasteiger partial charge in [-0.05, 0) is 70.2 Å². The number of aliphatic carboxylic acids is 1. The zero-order valence-corrected chi connectivity index (χ0v) is 27.4. The molecule has 5 N–H and O–H groups in total. The Morgan fingerprint density at radius 3 is 2.20 bits per heavy atom. The van der Waals surface area contributed by atoms with Gasteiger partial charge in [-0.2, -0.15) is 5.10 Å². The van der Waals surface area contributed by atoms with E-state index in [2.05, 4.69) is 0 Å². The van der Waals surface area contributed by atoms with Crippen LogP contribution in [-0.4, -0.2) is 51.8 Å². The standard InChI is InChI=1S/C41H36N4O5/c1-50-41(49)36(43)24-28-13-7-9-17-32(28)37(46)22-20-29-25-45(30-14-3-2-4-15-30)44-39(29)38-33-18-10-5-11-26(33)19-21-34(38)31-16-8-6-12-27(31)23-35(42)40(47)48/h2-22,25,35-36H,23-24,42-43H2,1H3,(H,47,48)/b22-20+. The Kier molecular flexibility index (Phi) is 10.1. The third-order valence-corrected chi connectivity index (χ3v) is 8.63. The number of allylic oxidation sites excluding steroid dienone is 1. The molecule has 2 unspecified atom stereocenters. The summed E-state index contributed by atoms with van der Waals surface area (Å²) in [6, 6.07) is 34.4. The van der Waals surface area contributed by atoms with Crippen molar-refractivity contribution in [3.63, 3.8) is 0 Å². The summed E-state index contributed by atoms with van der Waals surface area (Å²) in [5.41, 5.74) is 18.6. The number of rotatable bonds is 12. The van der Waals surface area contributed by atoms with Crippen molar-refractivity contribution < 1.29 is 24.2 Å². The number of para-hydroxylation sites is 1. The average Bonchev–Trinajstić information content (AvgIpc) is 3.57. The van der Waals surface area contributed by atoms with Gasteiger partial charge < -0.3 is 21.3 Å². The Morgan fingerprint density at radius 1 is 0.780 bits per heavy atom. The van der Waals surface area contributed by atoms with Gasteiger partial charge in [-0.25, -0.2) is 4.68 Å². The maximum absolute atomic E-state index is 13.8. The van der Waals surface area contributed by atoms with Crippen molar-refractivity contribution in [2.75, 3.05) is 7.11 Å². The molecule has 0 bridgehead atoms. The largest absolute Gasteiger partial charge is 0.480 e. The van der Waals surface area contributed by atoms with Gasteiger partial charge in [-0.15, -0.1) is 0 Å². The van der Waals surface area contributed by atoms with Crippen LogP contribution in [0.4, 0.5) is 0 Å². The molecule has 5 aromatic carbocycles. The SMILES string of the molecule is COC(=O)C(N)Cc1ccccc1C(=O)/C=C/c1cn(-c2ccccc2)nc1-c1c(-c2ccccc2CC(N)C(=O)O)ccc2ccccc12. The average molecular weight is 665 g/mol. The maximum Gasteiger partial charge on any atom is 0.322 e. The van der Waals surface area contributed by atoms with Crippen LogP contribution in [0.5, 0.6) is 0 Å². The zero-order valence-electron chi connectivity index (χ0n) is 27.4. The van der Waals surface area contributed by atoms with E-state index in [1.165, 1.54) is 13.2 Å². The number of carboxylic acids is 1. The van der Waals surface area contributed by atoms with Crippen molar-refractivity contribution in [3.05, 3.63) is 150 Å². The minimum Gasteiger partial charge on any atom is -0.480 e. The monoisotopic (exact) mass is 664 g/mol. The first-order chi connectivity index (χ1) is 24.2. The predicted octanol–water partition coefficient (Wildman–Crippen LogP) is 6.25. The lowest BCUT2D eigenvalue weighted by molar-refractivity contribution is -0.142. The maximum atomic E-state index is 13.8. The molecule has 0 aliphatic heterocycles. The van der Waals surface area contributed by atoms with Crippen LogP contribution in [0.1, 0.15) is 27.0 Å². The van der Waals surface area contributed by atoms with E-state index in [1.807, 2.05) is 97.2 Å². The van der Waals surface area contributed by atoms with Crippen molar-refractivity contribution in [3.8, 4) is 28.1 Å². The fourth-order valence-corrected chi connectivity index (χ4v) is 6.12. The van der Waals surface area contributed by atoms with E-state index in [0.29, 0.717) is 22.4 Å². The number of nitrogens with zero attached hydrogens (tertiary/aromatic N) is 2. The Bertz CT molecular complexity index is 2220. The van der Waals surface area contributed by atoms with Gasteiger partial charge in [0.15, 0.2) is 5.78 Å². The van der Waals surface area contributed by atoms with Gasteiger partial charge in [-0.3, -0.25) is 14.4 Å². The number of esters is 1. The lowest BCUT2D eigenvalue weighted by Crippen LogP contribution is -2.34. The molecule has 0 aliphatic carbocycles. The summed E-state index contributed by atoms with van der Waals surface area (Å²) in [4.78, 5) is 37.5. The fourth-order valence-electron chi connectivity index (χ4n) is 6.12. The lowest BCUT2D eigenvalue weighted by Gasteiger charge is -2.17. The van der Waals surface area contributed by atoms with E-state index >= 15 is 0 Å². The van der Waals surface area contributed by atoms with Crippen molar-refractivity contribution in [2.45, 2.75) is 24.9 Å². The lowest BCUT2D eigenvalue weighted by atomic mass is 9.87. The number of ether oxygens (including phenoxy) is 1. The van der Waals surface area contributed by atoms with Gasteiger partial charge in [0.1, 0.15) is 17.8 Å². The molecular formula is C41H36N4O5. The molecule has 0 aliphatic rings. The van der Waals surface area contributed by atoms with Gasteiger partial charge in [0, 0.05) is 22.9 Å². The summed E-state index contributed by atoms with van der Waals surface area (Å²) in [6.45, 7) is 0. The van der Waals surface area contributed by atoms with Crippen molar-refractivity contribution in [1.29, 1.82) is 0 Å². The van der Waals surface area contributed by atoms with Crippen LogP contribution in [0.25, 0.3) is 44.9 Å². The van der Waals surface area contributed by atoms with Crippen LogP contribution in [0.2, 0.25) is 0 Å². The van der Waals surface area contributed by atoms with Gasteiger partial charge >= 0.3 is 11.9 Å². The van der Waals surface area contributed by atoms with Crippen LogP contribution < -0.4 is 11.5 Å². The first kappa shape index (κ1) is 33.7. The molecule has 6 aromatic rings. The highest BCUT2D eigenvalue weighted by Crippen LogP contribution is 2.41. The molecule has 2 atom stereocenters. The van der Waals surface area contributed by atoms with Gasteiger partial charge in [0.2, 0.25) is 0 Å². The molecule has 1 heterocycles. The number of ketones is 1. The highest BCUT2D eigenvalue weighted by molar-refractivity contribution is 6.09. The van der Waals surface area contributed by atoms with Gasteiger partial charge in [0.05, 0.1) is 12.8 Å². The van der Waals surface area contributed by atoms with Crippen LogP contribution in [0.3, 0.4) is 0 Å². The number of carbonyl (C=O) groups is 3. The van der Waals surface area contributed by atoms with Crippen LogP contribution in [-0.2, 0) is 27.2 Å². The molecular weight excluding hydrogens is 628 g/mol. The first-order valence-electron chi connectivity index (χ1n) is 16.1. The number of hydrogen-bond donors (Lipinski definition) is 3. The molecule has 250 valence electrons. The molecule has 0 radical (unpaired) electrons. The number of aromatic nitrogens is 2. The van der Waals surface area contributed by atoms with Crippen LogP contribution in [0.15, 0.2) is 128 Å². The molecule has 0 saturated carbocycles. The molecule has 0 spiro atoms. The second-order valence-electron chi connectivity index (χ2n) is 11.9. The van der Waals surface area contributed by atoms with E-state index in [1.54, 1.807) is 35.0 Å². The van der Waals surface area contributed by atoms with Crippen molar-refractivity contribution in [1.82, 2.24) is 9.78 Å². The van der Waals surface area contributed by atoms with Crippen molar-refractivity contribution >= 4 is 34.6 Å². The van der Waals surface area contributed by atoms with E-state index < -0.39 is 24.0 Å². The number of nitrogens with two attached hydrogens (primary N) is 2. The summed E-state index contributed by atoms with van der Waals surface area (Å²) in [7, 11) is 1.28. The van der Waals surface area contributed by atoms with E-state index in [4.69, 9.17) is 21.3 Å². The summed E-state index contributed by atoms with van der Waals surface area (Å²) in [6.07, 6.45) is 5.41. The van der Waals surface area contributed by atoms with Gasteiger partial charge in [0.25, 0.3) is 0 Å². The Labute approximate surface area is 289 Å². The zero-order chi connectivity index (χ0) is 35.2. The molecule has 0 fully saturated rings. The minimum atomic E-state index is -1.08. The third-order valence-electron chi connectivity index (χ3n) is 8.63. The van der Waals surface area contributed by atoms with Crippen molar-refractivity contribution in [2.24, 2.45) is 11.5 Å².